The van der Waals surface area contributed by atoms with Crippen LogP contribution in [0.3, 0.4) is 0 Å². The number of anilines is 1. The lowest BCUT2D eigenvalue weighted by Crippen LogP contribution is -2.34. The summed E-state index contributed by atoms with van der Waals surface area (Å²) in [5.74, 6) is -2.91. The fourth-order valence-corrected chi connectivity index (χ4v) is 4.42. The first-order valence-electron chi connectivity index (χ1n) is 10.9. The van der Waals surface area contributed by atoms with Crippen molar-refractivity contribution in [3.8, 4) is 23.1 Å². The Morgan fingerprint density at radius 3 is 2.29 bits per heavy atom. The average molecular weight is 498 g/mol. The Balaban J connectivity index is 1.71. The van der Waals surface area contributed by atoms with E-state index in [4.69, 9.17) is 9.47 Å². The minimum absolute atomic E-state index is 0.0258. The van der Waals surface area contributed by atoms with E-state index in [0.29, 0.717) is 5.56 Å². The molecule has 1 aliphatic carbocycles. The van der Waals surface area contributed by atoms with Crippen LogP contribution in [0.1, 0.15) is 32.4 Å². The highest BCUT2D eigenvalue weighted by atomic mass is 19.4. The predicted octanol–water partition coefficient (Wildman–Crippen LogP) is 4.28. The first kappa shape index (κ1) is 23.5. The highest BCUT2D eigenvalue weighted by molar-refractivity contribution is 5.77. The van der Waals surface area contributed by atoms with Crippen LogP contribution < -0.4 is 14.4 Å². The summed E-state index contributed by atoms with van der Waals surface area (Å²) in [6.45, 7) is 2.27. The second kappa shape index (κ2) is 7.37. The maximum atomic E-state index is 14.8. The third kappa shape index (κ3) is 3.54. The number of ether oxygens (including phenoxy) is 2. The number of imidazole rings is 1. The third-order valence-corrected chi connectivity index (χ3v) is 6.88. The van der Waals surface area contributed by atoms with E-state index in [-0.39, 0.29) is 54.0 Å². The van der Waals surface area contributed by atoms with Gasteiger partial charge in [0.1, 0.15) is 11.1 Å². The summed E-state index contributed by atoms with van der Waals surface area (Å²) in [7, 11) is 2.76. The van der Waals surface area contributed by atoms with Crippen molar-refractivity contribution in [3.63, 3.8) is 0 Å². The van der Waals surface area contributed by atoms with Gasteiger partial charge in [-0.3, -0.25) is 0 Å². The van der Waals surface area contributed by atoms with Crippen LogP contribution in [0.4, 0.5) is 27.6 Å². The molecule has 13 heteroatoms. The van der Waals surface area contributed by atoms with Gasteiger partial charge in [-0.25, -0.2) is 23.3 Å². The quantitative estimate of drug-likeness (QED) is 0.486. The fraction of sp³-hybridized carbons (Fsp3) is 0.545. The molecular weight excluding hydrogens is 475 g/mol. The number of nitrogens with zero attached hydrogens (tertiary/aromatic N) is 6. The third-order valence-electron chi connectivity index (χ3n) is 6.88. The number of halogens is 5. The Kier molecular flexibility index (Phi) is 4.95. The molecule has 1 aliphatic heterocycles. The van der Waals surface area contributed by atoms with E-state index in [0.717, 1.165) is 0 Å². The van der Waals surface area contributed by atoms with Gasteiger partial charge < -0.3 is 14.4 Å². The van der Waals surface area contributed by atoms with Crippen molar-refractivity contribution in [1.82, 2.24) is 24.6 Å². The molecule has 188 valence electrons. The van der Waals surface area contributed by atoms with Gasteiger partial charge in [0.25, 0.3) is 5.92 Å². The Bertz CT molecular complexity index is 1290. The van der Waals surface area contributed by atoms with Crippen LogP contribution in [0.15, 0.2) is 18.5 Å². The number of alkyl halides is 5. The van der Waals surface area contributed by atoms with Gasteiger partial charge in [0, 0.05) is 18.2 Å². The summed E-state index contributed by atoms with van der Waals surface area (Å²) < 4.78 is 82.5. The highest BCUT2D eigenvalue weighted by Crippen LogP contribution is 2.58. The predicted molar refractivity (Wildman–Crippen MR) is 115 cm³/mol. The van der Waals surface area contributed by atoms with E-state index in [1.807, 2.05) is 0 Å². The highest BCUT2D eigenvalue weighted by Gasteiger charge is 2.66. The summed E-state index contributed by atoms with van der Waals surface area (Å²) in [6.07, 6.45) is -2.04. The number of aromatic nitrogens is 5. The van der Waals surface area contributed by atoms with Crippen molar-refractivity contribution >= 4 is 11.3 Å². The Hall–Kier alpha value is -3.25. The van der Waals surface area contributed by atoms with Crippen molar-refractivity contribution in [2.45, 2.75) is 44.2 Å². The second-order valence-electron chi connectivity index (χ2n) is 9.61. The zero-order valence-corrected chi connectivity index (χ0v) is 19.5. The molecule has 8 nitrogen and oxygen atoms in total. The van der Waals surface area contributed by atoms with Crippen LogP contribution in [-0.4, -0.2) is 64.0 Å². The SMILES string of the molecule is COc1ncc(-c2cc(N3CC(C)(C)C(F)(F)C3)c3nc(C4(C(F)(F)F)CC4)cn3n2)c(OC)n1. The molecule has 3 aromatic rings. The summed E-state index contributed by atoms with van der Waals surface area (Å²) in [5, 5.41) is 4.43. The Morgan fingerprint density at radius 1 is 1.03 bits per heavy atom. The first-order valence-corrected chi connectivity index (χ1v) is 10.9. The van der Waals surface area contributed by atoms with Gasteiger partial charge in [-0.05, 0) is 18.9 Å². The van der Waals surface area contributed by atoms with Crippen LogP contribution in [0.5, 0.6) is 11.9 Å². The zero-order valence-electron chi connectivity index (χ0n) is 19.5. The topological polar surface area (TPSA) is 77.7 Å². The standard InChI is InChI=1S/C22H23F5N6O2/c1-19(2)10-32(11-21(19,23)24)14-7-13(12-8-28-18(35-4)30-17(12)34-3)31-33-9-15(29-16(14)33)20(5-6-20)22(25,26)27/h7-9H,5-6,10-11H2,1-4H3. The molecule has 2 fully saturated rings. The molecular formula is C22H23F5N6O2. The zero-order chi connectivity index (χ0) is 25.4. The van der Waals surface area contributed by atoms with Crippen molar-refractivity contribution in [2.24, 2.45) is 5.41 Å². The average Bonchev–Trinajstić information content (AvgIpc) is 3.45. The number of hydrogen-bond acceptors (Lipinski definition) is 7. The fourth-order valence-electron chi connectivity index (χ4n) is 4.42. The maximum Gasteiger partial charge on any atom is 0.400 e. The normalized spacial score (nSPS) is 20.3. The van der Waals surface area contributed by atoms with E-state index in [1.54, 1.807) is 0 Å². The van der Waals surface area contributed by atoms with Crippen LogP contribution in [0.25, 0.3) is 16.9 Å². The number of hydrogen-bond donors (Lipinski definition) is 0. The summed E-state index contributed by atoms with van der Waals surface area (Å²) in [4.78, 5) is 13.9. The van der Waals surface area contributed by atoms with Crippen molar-refractivity contribution in [1.29, 1.82) is 0 Å². The molecule has 1 saturated carbocycles. The molecule has 35 heavy (non-hydrogen) atoms. The van der Waals surface area contributed by atoms with Crippen LogP contribution in [-0.2, 0) is 5.41 Å². The van der Waals surface area contributed by atoms with Gasteiger partial charge >= 0.3 is 12.2 Å². The lowest BCUT2D eigenvalue weighted by molar-refractivity contribution is -0.161. The van der Waals surface area contributed by atoms with E-state index in [2.05, 4.69) is 20.1 Å². The van der Waals surface area contributed by atoms with Gasteiger partial charge in [0.05, 0.1) is 43.9 Å². The van der Waals surface area contributed by atoms with Gasteiger partial charge in [0.15, 0.2) is 5.65 Å². The van der Waals surface area contributed by atoms with Crippen LogP contribution in [0.2, 0.25) is 0 Å². The van der Waals surface area contributed by atoms with Crippen molar-refractivity contribution in [3.05, 3.63) is 24.2 Å². The summed E-state index contributed by atoms with van der Waals surface area (Å²) in [6, 6.07) is 1.54. The molecule has 0 unspecified atom stereocenters. The van der Waals surface area contributed by atoms with Crippen LogP contribution in [0, 0.1) is 5.41 Å². The lowest BCUT2D eigenvalue weighted by Gasteiger charge is -2.24. The molecule has 0 N–H and O–H groups in total. The molecule has 0 atom stereocenters. The molecule has 3 aromatic heterocycles. The van der Waals surface area contributed by atoms with Gasteiger partial charge in [-0.2, -0.15) is 23.3 Å². The molecule has 0 bridgehead atoms. The molecule has 5 rings (SSSR count). The molecule has 0 spiro atoms. The van der Waals surface area contributed by atoms with E-state index in [1.165, 1.54) is 55.9 Å². The summed E-state index contributed by atoms with van der Waals surface area (Å²) in [5.41, 5.74) is -2.74. The first-order chi connectivity index (χ1) is 16.3. The van der Waals surface area contributed by atoms with Crippen molar-refractivity contribution < 1.29 is 31.4 Å². The van der Waals surface area contributed by atoms with E-state index in [9.17, 15) is 22.0 Å². The second-order valence-corrected chi connectivity index (χ2v) is 9.61. The monoisotopic (exact) mass is 498 g/mol. The van der Waals surface area contributed by atoms with E-state index >= 15 is 0 Å². The summed E-state index contributed by atoms with van der Waals surface area (Å²) >= 11 is 0. The number of methoxy groups -OCH3 is 2. The minimum atomic E-state index is -4.48. The number of fused-ring (bicyclic) bond motifs is 1. The number of rotatable bonds is 5. The molecule has 4 heterocycles. The van der Waals surface area contributed by atoms with E-state index < -0.39 is 29.5 Å². The van der Waals surface area contributed by atoms with Crippen LogP contribution >= 0.6 is 0 Å². The molecule has 0 aromatic carbocycles. The largest absolute Gasteiger partial charge is 0.480 e. The van der Waals surface area contributed by atoms with Crippen molar-refractivity contribution in [2.75, 3.05) is 32.2 Å². The Morgan fingerprint density at radius 2 is 1.74 bits per heavy atom. The molecule has 0 amide bonds. The molecule has 0 radical (unpaired) electrons. The molecule has 1 saturated heterocycles. The smallest absolute Gasteiger partial charge is 0.400 e. The minimum Gasteiger partial charge on any atom is -0.480 e. The maximum absolute atomic E-state index is 14.8. The van der Waals surface area contributed by atoms with Gasteiger partial charge in [0.2, 0.25) is 5.88 Å². The molecule has 2 aliphatic rings. The lowest BCUT2D eigenvalue weighted by atomic mass is 9.89. The van der Waals surface area contributed by atoms with Gasteiger partial charge in [-0.15, -0.1) is 0 Å². The van der Waals surface area contributed by atoms with Gasteiger partial charge in [-0.1, -0.05) is 13.8 Å². The Labute approximate surface area is 197 Å².